The first-order valence-corrected chi connectivity index (χ1v) is 9.71. The second kappa shape index (κ2) is 6.28. The van der Waals surface area contributed by atoms with Crippen LogP contribution in [0.2, 0.25) is 0 Å². The van der Waals surface area contributed by atoms with Crippen LogP contribution in [0.25, 0.3) is 0 Å². The summed E-state index contributed by atoms with van der Waals surface area (Å²) in [5.74, 6) is 0.228. The van der Waals surface area contributed by atoms with E-state index in [9.17, 15) is 13.2 Å². The molecule has 2 N–H and O–H groups in total. The van der Waals surface area contributed by atoms with Crippen LogP contribution in [0.3, 0.4) is 0 Å². The molecule has 1 aromatic rings. The van der Waals surface area contributed by atoms with Crippen molar-refractivity contribution in [3.63, 3.8) is 0 Å². The third-order valence-electron chi connectivity index (χ3n) is 4.49. The molecule has 0 saturated carbocycles. The molecule has 1 heterocycles. The highest BCUT2D eigenvalue weighted by molar-refractivity contribution is 7.91. The van der Waals surface area contributed by atoms with Gasteiger partial charge in [-0.05, 0) is 36.8 Å². The number of hydrogen-bond acceptors (Lipinski definition) is 3. The molecule has 1 aromatic carbocycles. The van der Waals surface area contributed by atoms with E-state index in [0.29, 0.717) is 6.42 Å². The summed E-state index contributed by atoms with van der Waals surface area (Å²) in [6, 6.07) is 7.72. The summed E-state index contributed by atoms with van der Waals surface area (Å²) < 4.78 is 22.9. The maximum atomic E-state index is 12.2. The van der Waals surface area contributed by atoms with Crippen LogP contribution in [0.4, 0.5) is 4.79 Å². The van der Waals surface area contributed by atoms with Crippen molar-refractivity contribution < 1.29 is 13.2 Å². The van der Waals surface area contributed by atoms with E-state index in [2.05, 4.69) is 22.8 Å². The number of rotatable bonds is 2. The number of benzene rings is 1. The summed E-state index contributed by atoms with van der Waals surface area (Å²) in [4.78, 5) is 12.2. The smallest absolute Gasteiger partial charge is 0.315 e. The summed E-state index contributed by atoms with van der Waals surface area (Å²) in [6.45, 7) is 0. The minimum atomic E-state index is -2.97. The van der Waals surface area contributed by atoms with Crippen molar-refractivity contribution in [3.05, 3.63) is 35.4 Å². The molecule has 0 spiro atoms. The summed E-state index contributed by atoms with van der Waals surface area (Å²) in [7, 11) is -2.97. The second-order valence-corrected chi connectivity index (χ2v) is 8.44. The van der Waals surface area contributed by atoms with Crippen molar-refractivity contribution >= 4 is 15.9 Å². The minimum Gasteiger partial charge on any atom is -0.334 e. The van der Waals surface area contributed by atoms with E-state index in [-0.39, 0.29) is 29.6 Å². The SMILES string of the molecule is O=C(N[C@@H]1CCS(=O)(=O)C1)N[C@@H]1CCCCc2ccccc21. The molecule has 2 aliphatic rings. The van der Waals surface area contributed by atoms with Crippen molar-refractivity contribution in [2.45, 2.75) is 44.2 Å². The molecular formula is C16H22N2O3S. The Morgan fingerprint density at radius 3 is 2.68 bits per heavy atom. The molecule has 0 bridgehead atoms. The number of aryl methyl sites for hydroxylation is 1. The second-order valence-electron chi connectivity index (χ2n) is 6.21. The Morgan fingerprint density at radius 2 is 1.91 bits per heavy atom. The molecule has 1 fully saturated rings. The lowest BCUT2D eigenvalue weighted by Gasteiger charge is -2.21. The number of urea groups is 1. The van der Waals surface area contributed by atoms with Crippen LogP contribution in [0.15, 0.2) is 24.3 Å². The lowest BCUT2D eigenvalue weighted by Crippen LogP contribution is -2.44. The number of fused-ring (bicyclic) bond motifs is 1. The van der Waals surface area contributed by atoms with Gasteiger partial charge in [-0.1, -0.05) is 30.7 Å². The molecule has 120 valence electrons. The van der Waals surface area contributed by atoms with E-state index in [0.717, 1.165) is 25.7 Å². The maximum Gasteiger partial charge on any atom is 0.315 e. The highest BCUT2D eigenvalue weighted by Gasteiger charge is 2.29. The van der Waals surface area contributed by atoms with Gasteiger partial charge in [-0.3, -0.25) is 0 Å². The molecule has 2 amide bonds. The van der Waals surface area contributed by atoms with E-state index >= 15 is 0 Å². The lowest BCUT2D eigenvalue weighted by atomic mass is 9.99. The summed E-state index contributed by atoms with van der Waals surface area (Å²) in [6.07, 6.45) is 4.70. The van der Waals surface area contributed by atoms with Crippen molar-refractivity contribution in [1.82, 2.24) is 10.6 Å². The van der Waals surface area contributed by atoms with Crippen LogP contribution in [0.5, 0.6) is 0 Å². The van der Waals surface area contributed by atoms with E-state index in [1.54, 1.807) is 0 Å². The molecule has 5 nitrogen and oxygen atoms in total. The van der Waals surface area contributed by atoms with Crippen LogP contribution < -0.4 is 10.6 Å². The van der Waals surface area contributed by atoms with Gasteiger partial charge in [0, 0.05) is 6.04 Å². The number of sulfone groups is 1. The Labute approximate surface area is 131 Å². The lowest BCUT2D eigenvalue weighted by molar-refractivity contribution is 0.233. The third-order valence-corrected chi connectivity index (χ3v) is 6.26. The fourth-order valence-corrected chi connectivity index (χ4v) is 5.04. The van der Waals surface area contributed by atoms with Crippen LogP contribution in [-0.4, -0.2) is 32.0 Å². The van der Waals surface area contributed by atoms with Gasteiger partial charge in [-0.15, -0.1) is 0 Å². The Bertz CT molecular complexity index is 657. The predicted molar refractivity (Wildman–Crippen MR) is 85.5 cm³/mol. The van der Waals surface area contributed by atoms with Gasteiger partial charge in [0.15, 0.2) is 9.84 Å². The largest absolute Gasteiger partial charge is 0.334 e. The van der Waals surface area contributed by atoms with Crippen molar-refractivity contribution in [2.24, 2.45) is 0 Å². The standard InChI is InChI=1S/C16H22N2O3S/c19-16(17-13-9-10-22(20,21)11-13)18-15-8-4-2-6-12-5-1-3-7-14(12)15/h1,3,5,7,13,15H,2,4,6,8-11H2,(H2,17,18,19)/t13-,15-/m1/s1. The van der Waals surface area contributed by atoms with E-state index < -0.39 is 9.84 Å². The van der Waals surface area contributed by atoms with E-state index in [4.69, 9.17) is 0 Å². The van der Waals surface area contributed by atoms with Crippen LogP contribution in [-0.2, 0) is 16.3 Å². The molecule has 2 atom stereocenters. The minimum absolute atomic E-state index is 0.0108. The van der Waals surface area contributed by atoms with Crippen molar-refractivity contribution in [3.8, 4) is 0 Å². The molecule has 1 aliphatic heterocycles. The topological polar surface area (TPSA) is 75.3 Å². The summed E-state index contributed by atoms with van der Waals surface area (Å²) >= 11 is 0. The number of amides is 2. The maximum absolute atomic E-state index is 12.2. The van der Waals surface area contributed by atoms with Gasteiger partial charge in [0.25, 0.3) is 0 Å². The quantitative estimate of drug-likeness (QED) is 0.817. The average molecular weight is 322 g/mol. The zero-order valence-electron chi connectivity index (χ0n) is 12.5. The van der Waals surface area contributed by atoms with Gasteiger partial charge < -0.3 is 10.6 Å². The van der Waals surface area contributed by atoms with Crippen molar-refractivity contribution in [2.75, 3.05) is 11.5 Å². The summed E-state index contributed by atoms with van der Waals surface area (Å²) in [5, 5.41) is 5.83. The number of hydrogen-bond donors (Lipinski definition) is 2. The molecule has 0 radical (unpaired) electrons. The fraction of sp³-hybridized carbons (Fsp3) is 0.562. The van der Waals surface area contributed by atoms with Gasteiger partial charge >= 0.3 is 6.03 Å². The zero-order valence-corrected chi connectivity index (χ0v) is 13.4. The molecule has 0 unspecified atom stereocenters. The van der Waals surface area contributed by atoms with Crippen LogP contribution >= 0.6 is 0 Å². The Kier molecular flexibility index (Phi) is 4.38. The highest BCUT2D eigenvalue weighted by atomic mass is 32.2. The van der Waals surface area contributed by atoms with Crippen LogP contribution in [0.1, 0.15) is 42.9 Å². The van der Waals surface area contributed by atoms with Gasteiger partial charge in [0.1, 0.15) is 0 Å². The fourth-order valence-electron chi connectivity index (χ4n) is 3.37. The monoisotopic (exact) mass is 322 g/mol. The van der Waals surface area contributed by atoms with Crippen molar-refractivity contribution in [1.29, 1.82) is 0 Å². The molecular weight excluding hydrogens is 300 g/mol. The van der Waals surface area contributed by atoms with Gasteiger partial charge in [0.2, 0.25) is 0 Å². The van der Waals surface area contributed by atoms with Gasteiger partial charge in [-0.25, -0.2) is 13.2 Å². The average Bonchev–Trinajstić information content (AvgIpc) is 2.69. The zero-order chi connectivity index (χ0) is 15.6. The highest BCUT2D eigenvalue weighted by Crippen LogP contribution is 2.28. The number of nitrogens with one attached hydrogen (secondary N) is 2. The number of carbonyl (C=O) groups excluding carboxylic acids is 1. The summed E-state index contributed by atoms with van der Waals surface area (Å²) in [5.41, 5.74) is 2.49. The van der Waals surface area contributed by atoms with E-state index in [1.165, 1.54) is 11.1 Å². The first-order valence-electron chi connectivity index (χ1n) is 7.89. The first kappa shape index (κ1) is 15.3. The molecule has 6 heteroatoms. The predicted octanol–water partition coefficient (Wildman–Crippen LogP) is 1.94. The normalized spacial score (nSPS) is 26.7. The molecule has 1 aliphatic carbocycles. The molecule has 3 rings (SSSR count). The molecule has 1 saturated heterocycles. The Morgan fingerprint density at radius 1 is 1.09 bits per heavy atom. The van der Waals surface area contributed by atoms with Gasteiger partial charge in [-0.2, -0.15) is 0 Å². The van der Waals surface area contributed by atoms with Gasteiger partial charge in [0.05, 0.1) is 17.5 Å². The third kappa shape index (κ3) is 3.61. The number of carbonyl (C=O) groups is 1. The van der Waals surface area contributed by atoms with Crippen LogP contribution in [0, 0.1) is 0 Å². The Hall–Kier alpha value is -1.56. The Balaban J connectivity index is 1.64. The molecule has 22 heavy (non-hydrogen) atoms. The first-order chi connectivity index (χ1) is 10.5. The molecule has 0 aromatic heterocycles. The van der Waals surface area contributed by atoms with E-state index in [1.807, 2.05) is 12.1 Å².